The van der Waals surface area contributed by atoms with Crippen LogP contribution < -0.4 is 10.9 Å². The number of piperidine rings is 2. The highest BCUT2D eigenvalue weighted by Gasteiger charge is 2.37. The number of fused-ring (bicyclic) bond motifs is 4. The van der Waals surface area contributed by atoms with E-state index in [4.69, 9.17) is 0 Å². The third-order valence-electron chi connectivity index (χ3n) is 6.82. The highest BCUT2D eigenvalue weighted by molar-refractivity contribution is 5.94. The summed E-state index contributed by atoms with van der Waals surface area (Å²) in [4.78, 5) is 32.0. The molecule has 152 valence electrons. The minimum Gasteiger partial charge on any atom is -0.385 e. The van der Waals surface area contributed by atoms with Crippen LogP contribution in [0.3, 0.4) is 0 Å². The van der Waals surface area contributed by atoms with Gasteiger partial charge in [-0.15, -0.1) is 0 Å². The lowest BCUT2D eigenvalue weighted by atomic mass is 9.84. The van der Waals surface area contributed by atoms with Gasteiger partial charge >= 0.3 is 0 Å². The van der Waals surface area contributed by atoms with E-state index in [9.17, 15) is 14.7 Å². The zero-order chi connectivity index (χ0) is 20.0. The number of nitrogens with one attached hydrogen (secondary N) is 1. The van der Waals surface area contributed by atoms with E-state index in [2.05, 4.69) is 10.3 Å². The van der Waals surface area contributed by atoms with Gasteiger partial charge in [-0.2, -0.15) is 0 Å². The van der Waals surface area contributed by atoms with E-state index >= 15 is 0 Å². The summed E-state index contributed by atoms with van der Waals surface area (Å²) in [5, 5.41) is 14.4. The van der Waals surface area contributed by atoms with Crippen molar-refractivity contribution >= 4 is 5.91 Å². The first-order valence-corrected chi connectivity index (χ1v) is 10.4. The summed E-state index contributed by atoms with van der Waals surface area (Å²) in [6.07, 6.45) is 5.34. The Morgan fingerprint density at radius 3 is 2.79 bits per heavy atom. The van der Waals surface area contributed by atoms with Gasteiger partial charge in [-0.3, -0.25) is 14.6 Å². The maximum atomic E-state index is 13.1. The first kappa shape index (κ1) is 18.5. The van der Waals surface area contributed by atoms with E-state index in [0.29, 0.717) is 44.3 Å². The third-order valence-corrected chi connectivity index (χ3v) is 6.82. The van der Waals surface area contributed by atoms with Gasteiger partial charge < -0.3 is 19.9 Å². The van der Waals surface area contributed by atoms with Gasteiger partial charge in [0.2, 0.25) is 0 Å². The normalized spacial score (nSPS) is 25.3. The van der Waals surface area contributed by atoms with E-state index in [0.717, 1.165) is 30.8 Å². The number of pyridine rings is 2. The molecule has 3 aliphatic heterocycles. The van der Waals surface area contributed by atoms with Crippen molar-refractivity contribution < 1.29 is 9.90 Å². The Morgan fingerprint density at radius 1 is 1.21 bits per heavy atom. The summed E-state index contributed by atoms with van der Waals surface area (Å²) in [5.41, 5.74) is 0.923. The molecule has 3 aliphatic rings. The van der Waals surface area contributed by atoms with Crippen LogP contribution in [0.25, 0.3) is 0 Å². The topological polar surface area (TPSA) is 87.5 Å². The number of aromatic nitrogens is 2. The van der Waals surface area contributed by atoms with Crippen molar-refractivity contribution in [2.75, 3.05) is 26.2 Å². The molecule has 0 spiro atoms. The van der Waals surface area contributed by atoms with E-state index in [1.165, 1.54) is 0 Å². The Labute approximate surface area is 169 Å². The van der Waals surface area contributed by atoms with Crippen LogP contribution in [0.2, 0.25) is 0 Å². The zero-order valence-corrected chi connectivity index (χ0v) is 16.4. The lowest BCUT2D eigenvalue weighted by Crippen LogP contribution is -2.48. The molecule has 2 aromatic heterocycles. The molecule has 2 bridgehead atoms. The molecule has 0 saturated carbocycles. The van der Waals surface area contributed by atoms with Crippen molar-refractivity contribution in [2.45, 2.75) is 37.3 Å². The number of rotatable bonds is 2. The second kappa shape index (κ2) is 7.07. The standard InChI is InChI=1S/C22H26N4O3/c27-20(25-8-5-22(29,6-9-25)17-2-1-7-23-13-17)18-3-4-19-16-10-15(11-24-12-16)14-26(19)21(18)28/h1-4,7,13,15-16,24,29H,5-6,8-12,14H2/t15-,16+/m0/s1. The van der Waals surface area contributed by atoms with Crippen LogP contribution in [0, 0.1) is 5.92 Å². The maximum absolute atomic E-state index is 13.1. The molecule has 29 heavy (non-hydrogen) atoms. The van der Waals surface area contributed by atoms with Crippen LogP contribution in [-0.4, -0.2) is 51.6 Å². The summed E-state index contributed by atoms with van der Waals surface area (Å²) in [7, 11) is 0. The molecule has 7 heteroatoms. The van der Waals surface area contributed by atoms with Gasteiger partial charge in [0.05, 0.1) is 5.60 Å². The molecule has 5 rings (SSSR count). The molecular weight excluding hydrogens is 368 g/mol. The number of aliphatic hydroxyl groups is 1. The van der Waals surface area contributed by atoms with Crippen LogP contribution in [0.5, 0.6) is 0 Å². The SMILES string of the molecule is O=C(c1ccc2n(c1=O)C[C@@H]1CNC[C@H]2C1)N1CCC(O)(c2cccnc2)CC1. The maximum Gasteiger partial charge on any atom is 0.263 e. The molecule has 2 fully saturated rings. The summed E-state index contributed by atoms with van der Waals surface area (Å²) >= 11 is 0. The number of nitrogens with zero attached hydrogens (tertiary/aromatic N) is 3. The molecule has 0 aliphatic carbocycles. The van der Waals surface area contributed by atoms with Crippen LogP contribution in [-0.2, 0) is 12.1 Å². The van der Waals surface area contributed by atoms with Gasteiger partial charge in [-0.1, -0.05) is 6.07 Å². The number of carbonyl (C=O) groups excluding carboxylic acids is 1. The lowest BCUT2D eigenvalue weighted by molar-refractivity contribution is -0.0214. The summed E-state index contributed by atoms with van der Waals surface area (Å²) in [6, 6.07) is 7.33. The fraction of sp³-hybridized carbons (Fsp3) is 0.500. The first-order chi connectivity index (χ1) is 14.0. The first-order valence-electron chi connectivity index (χ1n) is 10.4. The fourth-order valence-electron chi connectivity index (χ4n) is 5.13. The Morgan fingerprint density at radius 2 is 2.03 bits per heavy atom. The molecule has 2 atom stereocenters. The molecule has 7 nitrogen and oxygen atoms in total. The van der Waals surface area contributed by atoms with Gasteiger partial charge in [-0.25, -0.2) is 0 Å². The average Bonchev–Trinajstić information content (AvgIpc) is 2.76. The second-order valence-electron chi connectivity index (χ2n) is 8.61. The van der Waals surface area contributed by atoms with E-state index in [1.807, 2.05) is 22.8 Å². The average molecular weight is 394 g/mol. The van der Waals surface area contributed by atoms with Gasteiger partial charge in [0.15, 0.2) is 0 Å². The Bertz CT molecular complexity index is 979. The largest absolute Gasteiger partial charge is 0.385 e. The fourth-order valence-corrected chi connectivity index (χ4v) is 5.13. The van der Waals surface area contributed by atoms with Crippen LogP contribution in [0.1, 0.15) is 46.8 Å². The highest BCUT2D eigenvalue weighted by atomic mass is 16.3. The van der Waals surface area contributed by atoms with Crippen molar-refractivity contribution in [3.8, 4) is 0 Å². The van der Waals surface area contributed by atoms with Gasteiger partial charge in [0, 0.05) is 55.7 Å². The van der Waals surface area contributed by atoms with Crippen molar-refractivity contribution in [3.63, 3.8) is 0 Å². The molecule has 2 saturated heterocycles. The number of hydrogen-bond donors (Lipinski definition) is 2. The number of carbonyl (C=O) groups is 1. The smallest absolute Gasteiger partial charge is 0.263 e. The van der Waals surface area contributed by atoms with Crippen molar-refractivity contribution in [1.29, 1.82) is 0 Å². The minimum absolute atomic E-state index is 0.169. The predicted molar refractivity (Wildman–Crippen MR) is 108 cm³/mol. The summed E-state index contributed by atoms with van der Waals surface area (Å²) in [5.74, 6) is 0.574. The van der Waals surface area contributed by atoms with Crippen molar-refractivity contribution in [1.82, 2.24) is 19.8 Å². The molecule has 5 heterocycles. The lowest BCUT2D eigenvalue weighted by Gasteiger charge is -2.39. The Balaban J connectivity index is 1.36. The van der Waals surface area contributed by atoms with Crippen LogP contribution >= 0.6 is 0 Å². The molecule has 0 unspecified atom stereocenters. The molecular formula is C22H26N4O3. The number of hydrogen-bond acceptors (Lipinski definition) is 5. The molecule has 1 amide bonds. The highest BCUT2D eigenvalue weighted by Crippen LogP contribution is 2.34. The van der Waals surface area contributed by atoms with E-state index in [1.54, 1.807) is 23.4 Å². The molecule has 0 aromatic carbocycles. The number of likely N-dealkylation sites (tertiary alicyclic amines) is 1. The Kier molecular flexibility index (Phi) is 4.52. The second-order valence-corrected chi connectivity index (χ2v) is 8.61. The minimum atomic E-state index is -0.972. The molecule has 0 radical (unpaired) electrons. The van der Waals surface area contributed by atoms with Crippen molar-refractivity contribution in [3.05, 3.63) is 63.8 Å². The van der Waals surface area contributed by atoms with Gasteiger partial charge in [0.25, 0.3) is 11.5 Å². The quantitative estimate of drug-likeness (QED) is 0.796. The monoisotopic (exact) mass is 394 g/mol. The van der Waals surface area contributed by atoms with E-state index in [-0.39, 0.29) is 17.0 Å². The predicted octanol–water partition coefficient (Wildman–Crippen LogP) is 1.07. The number of amides is 1. The van der Waals surface area contributed by atoms with Crippen LogP contribution in [0.4, 0.5) is 0 Å². The van der Waals surface area contributed by atoms with Gasteiger partial charge in [-0.05, 0) is 49.9 Å². The Hall–Kier alpha value is -2.51. The molecule has 2 aromatic rings. The summed E-state index contributed by atoms with van der Waals surface area (Å²) < 4.78 is 1.82. The summed E-state index contributed by atoms with van der Waals surface area (Å²) in [6.45, 7) is 3.34. The van der Waals surface area contributed by atoms with Crippen molar-refractivity contribution in [2.24, 2.45) is 5.92 Å². The zero-order valence-electron chi connectivity index (χ0n) is 16.4. The molecule has 2 N–H and O–H groups in total. The third kappa shape index (κ3) is 3.18. The van der Waals surface area contributed by atoms with E-state index < -0.39 is 5.60 Å². The van der Waals surface area contributed by atoms with Crippen LogP contribution in [0.15, 0.2) is 41.5 Å². The van der Waals surface area contributed by atoms with Gasteiger partial charge in [0.1, 0.15) is 5.56 Å².